The molecular weight excluding hydrogens is 418 g/mol. The molecule has 1 N–H and O–H groups in total. The Bertz CT molecular complexity index is 1110. The monoisotopic (exact) mass is 449 g/mol. The van der Waals surface area contributed by atoms with Crippen LogP contribution in [0.4, 0.5) is 0 Å². The van der Waals surface area contributed by atoms with E-state index in [-0.39, 0.29) is 17.8 Å². The first kappa shape index (κ1) is 22.0. The van der Waals surface area contributed by atoms with E-state index in [1.54, 1.807) is 6.20 Å². The Kier molecular flexibility index (Phi) is 6.12. The number of hydrogen-bond donors (Lipinski definition) is 1. The van der Waals surface area contributed by atoms with Gasteiger partial charge in [-0.25, -0.2) is 9.97 Å². The van der Waals surface area contributed by atoms with Crippen LogP contribution in [0, 0.1) is 11.8 Å². The third kappa shape index (κ3) is 4.13. The van der Waals surface area contributed by atoms with Crippen molar-refractivity contribution in [3.05, 3.63) is 47.9 Å². The van der Waals surface area contributed by atoms with Crippen molar-refractivity contribution in [2.24, 2.45) is 11.8 Å². The average Bonchev–Trinajstić information content (AvgIpc) is 2.80. The van der Waals surface area contributed by atoms with Crippen molar-refractivity contribution in [2.45, 2.75) is 45.3 Å². The van der Waals surface area contributed by atoms with E-state index in [4.69, 9.17) is 14.5 Å². The Morgan fingerprint density at radius 1 is 0.970 bits per heavy atom. The summed E-state index contributed by atoms with van der Waals surface area (Å²) in [5, 5.41) is 12.1. The Hall–Kier alpha value is -2.84. The first-order valence-corrected chi connectivity index (χ1v) is 11.9. The summed E-state index contributed by atoms with van der Waals surface area (Å²) in [5.41, 5.74) is 2.45. The molecule has 1 saturated heterocycles. The van der Waals surface area contributed by atoms with Gasteiger partial charge in [0, 0.05) is 37.7 Å². The lowest BCUT2D eigenvalue weighted by Gasteiger charge is -2.53. The van der Waals surface area contributed by atoms with E-state index in [0.717, 1.165) is 55.6 Å². The molecule has 2 bridgehead atoms. The number of para-hydroxylation sites is 2. The molecule has 0 unspecified atom stereocenters. The van der Waals surface area contributed by atoms with Crippen LogP contribution in [0.3, 0.4) is 0 Å². The molecule has 3 heterocycles. The molecule has 1 aliphatic heterocycles. The highest BCUT2D eigenvalue weighted by Gasteiger charge is 2.53. The van der Waals surface area contributed by atoms with Crippen LogP contribution in [-0.4, -0.2) is 56.2 Å². The fourth-order valence-electron chi connectivity index (χ4n) is 5.48. The van der Waals surface area contributed by atoms with Crippen LogP contribution >= 0.6 is 0 Å². The van der Waals surface area contributed by atoms with Gasteiger partial charge in [0.05, 0.1) is 41.7 Å². The smallest absolute Gasteiger partial charge is 0.319 e. The highest BCUT2D eigenvalue weighted by atomic mass is 16.5. The van der Waals surface area contributed by atoms with Crippen LogP contribution < -0.4 is 9.47 Å². The second kappa shape index (κ2) is 9.19. The summed E-state index contributed by atoms with van der Waals surface area (Å²) in [4.78, 5) is 20.6. The van der Waals surface area contributed by atoms with Crippen molar-refractivity contribution >= 4 is 11.0 Å². The van der Waals surface area contributed by atoms with Crippen molar-refractivity contribution in [1.29, 1.82) is 0 Å². The van der Waals surface area contributed by atoms with Crippen LogP contribution in [-0.2, 0) is 12.1 Å². The van der Waals surface area contributed by atoms with Crippen molar-refractivity contribution < 1.29 is 14.6 Å². The minimum Gasteiger partial charge on any atom is -0.478 e. The van der Waals surface area contributed by atoms with Crippen LogP contribution in [0.5, 0.6) is 11.9 Å². The van der Waals surface area contributed by atoms with Gasteiger partial charge < -0.3 is 14.6 Å². The minimum atomic E-state index is -1.01. The standard InChI is InChI=1S/C25H31N5O3/c1-3-32-23-20(13-27-24(29-23)33-4-2)25(31)17-8-7-9-18(25)15-30(14-17)16-19-12-26-21-10-5-6-11-22(21)28-19/h5-6,10-13,17-18,31H,3-4,7-9,14-16H2,1-2H3/t17-,18-/m1/s1. The van der Waals surface area contributed by atoms with E-state index in [1.165, 1.54) is 0 Å². The van der Waals surface area contributed by atoms with Gasteiger partial charge in [-0.2, -0.15) is 4.98 Å². The van der Waals surface area contributed by atoms with Gasteiger partial charge in [-0.1, -0.05) is 18.6 Å². The lowest BCUT2D eigenvalue weighted by atomic mass is 9.63. The number of rotatable bonds is 7. The number of piperidine rings is 1. The molecule has 2 aliphatic rings. The Morgan fingerprint density at radius 2 is 1.70 bits per heavy atom. The number of aromatic nitrogens is 4. The molecule has 174 valence electrons. The van der Waals surface area contributed by atoms with Crippen LogP contribution in [0.25, 0.3) is 11.0 Å². The molecule has 2 atom stereocenters. The zero-order valence-corrected chi connectivity index (χ0v) is 19.3. The molecule has 0 amide bonds. The van der Waals surface area contributed by atoms with Gasteiger partial charge in [0.15, 0.2) is 0 Å². The molecular formula is C25H31N5O3. The van der Waals surface area contributed by atoms with Crippen molar-refractivity contribution in [2.75, 3.05) is 26.3 Å². The van der Waals surface area contributed by atoms with E-state index >= 15 is 0 Å². The van der Waals surface area contributed by atoms with E-state index in [9.17, 15) is 5.11 Å². The summed E-state index contributed by atoms with van der Waals surface area (Å²) >= 11 is 0. The Labute approximate surface area is 194 Å². The maximum Gasteiger partial charge on any atom is 0.319 e. The summed E-state index contributed by atoms with van der Waals surface area (Å²) in [6.45, 7) is 7.04. The largest absolute Gasteiger partial charge is 0.478 e. The molecule has 0 radical (unpaired) electrons. The number of fused-ring (bicyclic) bond motifs is 3. The van der Waals surface area contributed by atoms with Crippen molar-refractivity contribution in [3.63, 3.8) is 0 Å². The molecule has 33 heavy (non-hydrogen) atoms. The number of hydrogen-bond acceptors (Lipinski definition) is 8. The minimum absolute atomic E-state index is 0.0687. The van der Waals surface area contributed by atoms with Gasteiger partial charge in [-0.15, -0.1) is 0 Å². The Balaban J connectivity index is 1.41. The quantitative estimate of drug-likeness (QED) is 0.587. The van der Waals surface area contributed by atoms with Crippen LogP contribution in [0.15, 0.2) is 36.7 Å². The van der Waals surface area contributed by atoms with Gasteiger partial charge in [-0.3, -0.25) is 9.88 Å². The lowest BCUT2D eigenvalue weighted by Crippen LogP contribution is -2.58. The number of ether oxygens (including phenoxy) is 2. The third-order valence-electron chi connectivity index (χ3n) is 6.91. The second-order valence-electron chi connectivity index (χ2n) is 8.93. The number of benzene rings is 1. The first-order valence-electron chi connectivity index (χ1n) is 11.9. The number of likely N-dealkylation sites (tertiary alicyclic amines) is 1. The van der Waals surface area contributed by atoms with E-state index in [1.807, 2.05) is 44.3 Å². The molecule has 1 saturated carbocycles. The SMILES string of the molecule is CCOc1ncc(C2(O)[C@@H]3CCC[C@@H]2CN(Cc2cnc4ccccc4n2)C3)c(OCC)n1. The van der Waals surface area contributed by atoms with Crippen molar-refractivity contribution in [3.8, 4) is 11.9 Å². The lowest BCUT2D eigenvalue weighted by molar-refractivity contribution is -0.150. The molecule has 8 nitrogen and oxygen atoms in total. The summed E-state index contributed by atoms with van der Waals surface area (Å²) in [7, 11) is 0. The van der Waals surface area contributed by atoms with Gasteiger partial charge >= 0.3 is 6.01 Å². The van der Waals surface area contributed by atoms with Gasteiger partial charge in [0.1, 0.15) is 5.60 Å². The van der Waals surface area contributed by atoms with Crippen LogP contribution in [0.2, 0.25) is 0 Å². The normalized spacial score (nSPS) is 25.2. The zero-order valence-electron chi connectivity index (χ0n) is 19.3. The molecule has 0 spiro atoms. The molecule has 2 aromatic heterocycles. The second-order valence-corrected chi connectivity index (χ2v) is 8.93. The third-order valence-corrected chi connectivity index (χ3v) is 6.91. The zero-order chi connectivity index (χ0) is 22.8. The first-order chi connectivity index (χ1) is 16.1. The average molecular weight is 450 g/mol. The highest BCUT2D eigenvalue weighted by Crippen LogP contribution is 2.51. The molecule has 8 heteroatoms. The van der Waals surface area contributed by atoms with E-state index < -0.39 is 5.60 Å². The molecule has 5 rings (SSSR count). The predicted molar refractivity (Wildman–Crippen MR) is 124 cm³/mol. The van der Waals surface area contributed by atoms with Crippen LogP contribution in [0.1, 0.15) is 44.4 Å². The summed E-state index contributed by atoms with van der Waals surface area (Å²) in [5.74, 6) is 0.572. The van der Waals surface area contributed by atoms with Gasteiger partial charge in [0.25, 0.3) is 0 Å². The molecule has 2 fully saturated rings. The number of nitrogens with zero attached hydrogens (tertiary/aromatic N) is 5. The molecule has 3 aromatic rings. The highest BCUT2D eigenvalue weighted by molar-refractivity contribution is 5.73. The van der Waals surface area contributed by atoms with Crippen molar-refractivity contribution in [1.82, 2.24) is 24.8 Å². The summed E-state index contributed by atoms with van der Waals surface area (Å²) in [6, 6.07) is 8.22. The molecule has 1 aliphatic carbocycles. The number of aliphatic hydroxyl groups is 1. The maximum absolute atomic E-state index is 12.1. The van der Waals surface area contributed by atoms with Gasteiger partial charge in [0.2, 0.25) is 5.88 Å². The summed E-state index contributed by atoms with van der Waals surface area (Å²) < 4.78 is 11.3. The van der Waals surface area contributed by atoms with E-state index in [2.05, 4.69) is 19.9 Å². The fourth-order valence-corrected chi connectivity index (χ4v) is 5.48. The van der Waals surface area contributed by atoms with E-state index in [0.29, 0.717) is 24.7 Å². The Morgan fingerprint density at radius 3 is 2.42 bits per heavy atom. The molecule has 1 aromatic carbocycles. The topological polar surface area (TPSA) is 93.5 Å². The fraction of sp³-hybridized carbons (Fsp3) is 0.520. The maximum atomic E-state index is 12.1. The van der Waals surface area contributed by atoms with Gasteiger partial charge in [-0.05, 0) is 38.8 Å². The predicted octanol–water partition coefficient (Wildman–Crippen LogP) is 3.34. The summed E-state index contributed by atoms with van der Waals surface area (Å²) in [6.07, 6.45) is 6.59.